The van der Waals surface area contributed by atoms with Crippen LogP contribution in [0.15, 0.2) is 0 Å². The molecule has 12 heteroatoms. The van der Waals surface area contributed by atoms with Crippen LogP contribution in [-0.2, 0) is 24.9 Å². The van der Waals surface area contributed by atoms with Crippen LogP contribution < -0.4 is 0 Å². The van der Waals surface area contributed by atoms with E-state index in [1.54, 1.807) is 0 Å². The van der Waals surface area contributed by atoms with Crippen molar-refractivity contribution in [2.45, 2.75) is 37.3 Å². The van der Waals surface area contributed by atoms with Crippen molar-refractivity contribution in [2.75, 3.05) is 11.5 Å². The smallest absolute Gasteiger partial charge is 0.298 e. The zero-order chi connectivity index (χ0) is 15.8. The summed E-state index contributed by atoms with van der Waals surface area (Å²) in [5, 5.41) is 8.10. The summed E-state index contributed by atoms with van der Waals surface area (Å²) in [6.07, 6.45) is 0. The van der Waals surface area contributed by atoms with E-state index in [-0.39, 0.29) is 12.0 Å². The molecular weight excluding hydrogens is 332 g/mol. The van der Waals surface area contributed by atoms with Crippen LogP contribution in [-0.4, -0.2) is 48.9 Å². The first-order valence-corrected chi connectivity index (χ1v) is 7.24. The highest BCUT2D eigenvalue weighted by Gasteiger charge is 2.73. The molecule has 1 heterocycles. The van der Waals surface area contributed by atoms with Crippen LogP contribution in [0.5, 0.6) is 0 Å². The van der Waals surface area contributed by atoms with Gasteiger partial charge in [-0.05, 0) is 6.92 Å². The molecular formula is C8H12F4O6S2. The van der Waals surface area contributed by atoms with Crippen LogP contribution in [0, 0.1) is 0 Å². The third-order valence-electron chi connectivity index (χ3n) is 2.67. The number of alkyl halides is 4. The highest BCUT2D eigenvalue weighted by molar-refractivity contribution is 7.94. The number of rotatable bonds is 6. The topological polar surface area (TPSA) is 85.2 Å². The Morgan fingerprint density at radius 3 is 2.25 bits per heavy atom. The zero-order valence-corrected chi connectivity index (χ0v) is 11.9. The largest absolute Gasteiger partial charge is 0.306 e. The fourth-order valence-corrected chi connectivity index (χ4v) is 2.58. The minimum atomic E-state index is -3.81. The summed E-state index contributed by atoms with van der Waals surface area (Å²) in [7, 11) is 0. The van der Waals surface area contributed by atoms with Crippen LogP contribution in [0.2, 0.25) is 0 Å². The van der Waals surface area contributed by atoms with Gasteiger partial charge in [0.25, 0.3) is 17.6 Å². The first-order valence-electron chi connectivity index (χ1n) is 5.06. The average molecular weight is 344 g/mol. The molecule has 1 fully saturated rings. The van der Waals surface area contributed by atoms with Gasteiger partial charge in [-0.3, -0.25) is 0 Å². The fraction of sp³-hybridized carbons (Fsp3) is 1.00. The minimum absolute atomic E-state index is 0.0450. The zero-order valence-electron chi connectivity index (χ0n) is 10.3. The molecule has 20 heavy (non-hydrogen) atoms. The molecule has 1 rings (SSSR count). The maximum absolute atomic E-state index is 14.4. The van der Waals surface area contributed by atoms with Crippen LogP contribution in [0.1, 0.15) is 13.8 Å². The summed E-state index contributed by atoms with van der Waals surface area (Å²) in [4.78, 5) is 0. The number of hydrogen-bond acceptors (Lipinski definition) is 6. The molecule has 6 nitrogen and oxygen atoms in total. The van der Waals surface area contributed by atoms with Gasteiger partial charge in [0.05, 0.1) is 5.75 Å². The Bertz CT molecular complexity index is 396. The number of ether oxygens (including phenoxy) is 2. The van der Waals surface area contributed by atoms with Crippen LogP contribution in [0.4, 0.5) is 17.6 Å². The van der Waals surface area contributed by atoms with Crippen molar-refractivity contribution < 1.29 is 45.4 Å². The van der Waals surface area contributed by atoms with Crippen molar-refractivity contribution >= 4 is 23.1 Å². The third kappa shape index (κ3) is 3.26. The molecule has 0 saturated carbocycles. The summed E-state index contributed by atoms with van der Waals surface area (Å²) in [5.41, 5.74) is 0. The van der Waals surface area contributed by atoms with Gasteiger partial charge in [-0.1, -0.05) is 0 Å². The monoisotopic (exact) mass is 344 g/mol. The van der Waals surface area contributed by atoms with E-state index in [0.29, 0.717) is 13.8 Å². The first kappa shape index (κ1) is 18.1. The SMILES string of the molecule is CC(F)(F)C1(C)OC(F)(CSOO)C(F)(CS(=O)O)O1. The minimum Gasteiger partial charge on any atom is -0.306 e. The van der Waals surface area contributed by atoms with E-state index in [9.17, 15) is 21.8 Å². The molecule has 0 bridgehead atoms. The highest BCUT2D eigenvalue weighted by atomic mass is 32.2. The first-order chi connectivity index (χ1) is 8.89. The van der Waals surface area contributed by atoms with Crippen LogP contribution >= 0.6 is 12.0 Å². The standard InChI is InChI=1S/C8H12F4O6S2/c1-5(9,10)6(2)16-7(11,3-19-18-13)8(12,17-6)4-20(14)15/h13H,3-4H2,1-2H3,(H,14,15). The van der Waals surface area contributed by atoms with E-state index in [4.69, 9.17) is 9.81 Å². The van der Waals surface area contributed by atoms with Crippen LogP contribution in [0.3, 0.4) is 0 Å². The average Bonchev–Trinajstić information content (AvgIpc) is 2.42. The van der Waals surface area contributed by atoms with Gasteiger partial charge in [0.15, 0.2) is 11.1 Å². The summed E-state index contributed by atoms with van der Waals surface area (Å²) < 4.78 is 87.0. The Balaban J connectivity index is 3.15. The maximum Gasteiger partial charge on any atom is 0.298 e. The molecule has 2 N–H and O–H groups in total. The lowest BCUT2D eigenvalue weighted by Gasteiger charge is -2.29. The molecule has 0 aliphatic carbocycles. The molecule has 0 aromatic heterocycles. The second kappa shape index (κ2) is 5.66. The van der Waals surface area contributed by atoms with E-state index >= 15 is 0 Å². The lowest BCUT2D eigenvalue weighted by atomic mass is 10.2. The molecule has 0 aromatic rings. The molecule has 1 aliphatic heterocycles. The number of halogens is 4. The quantitative estimate of drug-likeness (QED) is 0.251. The van der Waals surface area contributed by atoms with E-state index in [1.165, 1.54) is 0 Å². The molecule has 4 atom stereocenters. The third-order valence-corrected chi connectivity index (χ3v) is 3.89. The molecule has 120 valence electrons. The second-order valence-corrected chi connectivity index (χ2v) is 5.90. The summed E-state index contributed by atoms with van der Waals surface area (Å²) in [6.45, 7) is 0.901. The number of hydrogen-bond donors (Lipinski definition) is 2. The second-order valence-electron chi connectivity index (χ2n) is 4.30. The van der Waals surface area contributed by atoms with E-state index < -0.39 is 46.0 Å². The van der Waals surface area contributed by atoms with E-state index in [1.807, 2.05) is 0 Å². The molecule has 0 radical (unpaired) electrons. The van der Waals surface area contributed by atoms with Crippen LogP contribution in [0.25, 0.3) is 0 Å². The Labute approximate surface area is 118 Å². The van der Waals surface area contributed by atoms with Crippen molar-refractivity contribution in [1.29, 1.82) is 0 Å². The Morgan fingerprint density at radius 1 is 1.35 bits per heavy atom. The Kier molecular flexibility index (Phi) is 5.12. The van der Waals surface area contributed by atoms with Crippen molar-refractivity contribution in [1.82, 2.24) is 0 Å². The molecule has 0 spiro atoms. The van der Waals surface area contributed by atoms with Gasteiger partial charge in [0.2, 0.25) is 5.79 Å². The maximum atomic E-state index is 14.4. The lowest BCUT2D eigenvalue weighted by molar-refractivity contribution is -0.305. The van der Waals surface area contributed by atoms with Gasteiger partial charge in [-0.2, -0.15) is 4.33 Å². The van der Waals surface area contributed by atoms with Crippen molar-refractivity contribution in [3.05, 3.63) is 0 Å². The van der Waals surface area contributed by atoms with Gasteiger partial charge in [0.1, 0.15) is 5.75 Å². The normalized spacial score (nSPS) is 40.0. The predicted molar refractivity (Wildman–Crippen MR) is 60.7 cm³/mol. The lowest BCUT2D eigenvalue weighted by Crippen LogP contribution is -2.50. The van der Waals surface area contributed by atoms with Gasteiger partial charge >= 0.3 is 0 Å². The molecule has 4 unspecified atom stereocenters. The van der Waals surface area contributed by atoms with Gasteiger partial charge in [-0.25, -0.2) is 27.0 Å². The van der Waals surface area contributed by atoms with E-state index in [2.05, 4.69) is 13.8 Å². The van der Waals surface area contributed by atoms with Crippen molar-refractivity contribution in [3.63, 3.8) is 0 Å². The summed E-state index contributed by atoms with van der Waals surface area (Å²) in [5.74, 6) is -16.5. The van der Waals surface area contributed by atoms with Gasteiger partial charge in [-0.15, -0.1) is 0 Å². The van der Waals surface area contributed by atoms with Gasteiger partial charge < -0.3 is 14.0 Å². The van der Waals surface area contributed by atoms with E-state index in [0.717, 1.165) is 0 Å². The predicted octanol–water partition coefficient (Wildman–Crippen LogP) is 2.10. The van der Waals surface area contributed by atoms with Crippen molar-refractivity contribution in [2.24, 2.45) is 0 Å². The summed E-state index contributed by atoms with van der Waals surface area (Å²) in [6, 6.07) is 0. The summed E-state index contributed by atoms with van der Waals surface area (Å²) >= 11 is -2.93. The molecule has 1 saturated heterocycles. The Hall–Kier alpha value is 0.0200. The molecule has 0 aromatic carbocycles. The fourth-order valence-electron chi connectivity index (χ4n) is 1.51. The Morgan fingerprint density at radius 2 is 1.85 bits per heavy atom. The van der Waals surface area contributed by atoms with Crippen molar-refractivity contribution in [3.8, 4) is 0 Å². The van der Waals surface area contributed by atoms with Gasteiger partial charge in [0, 0.05) is 19.0 Å². The molecule has 0 amide bonds. The molecule has 1 aliphatic rings. The highest BCUT2D eigenvalue weighted by Crippen LogP contribution is 2.53.